The van der Waals surface area contributed by atoms with Crippen molar-refractivity contribution in [2.24, 2.45) is 0 Å². The minimum Gasteiger partial charge on any atom is -0.497 e. The molecular formula is C10H9N3O4. The van der Waals surface area contributed by atoms with E-state index in [1.807, 2.05) is 0 Å². The summed E-state index contributed by atoms with van der Waals surface area (Å²) in [5.41, 5.74) is -0.146. The van der Waals surface area contributed by atoms with Crippen LogP contribution in [0.5, 0.6) is 5.75 Å². The lowest BCUT2D eigenvalue weighted by molar-refractivity contribution is 0.0683. The summed E-state index contributed by atoms with van der Waals surface area (Å²) in [4.78, 5) is 24.2. The molecule has 2 N–H and O–H groups in total. The minimum absolute atomic E-state index is 0.397. The van der Waals surface area contributed by atoms with Gasteiger partial charge < -0.3 is 9.84 Å². The fourth-order valence-electron chi connectivity index (χ4n) is 1.32. The maximum atomic E-state index is 11.4. The zero-order chi connectivity index (χ0) is 12.4. The van der Waals surface area contributed by atoms with Crippen molar-refractivity contribution in [2.75, 3.05) is 7.11 Å². The van der Waals surface area contributed by atoms with Gasteiger partial charge in [0.15, 0.2) is 0 Å². The second-order valence-corrected chi connectivity index (χ2v) is 3.19. The smallest absolute Gasteiger partial charge is 0.373 e. The molecule has 0 aliphatic rings. The summed E-state index contributed by atoms with van der Waals surface area (Å²) >= 11 is 0. The fraction of sp³-hybridized carbons (Fsp3) is 0.100. The highest BCUT2D eigenvalue weighted by Gasteiger charge is 2.12. The predicted octanol–water partition coefficient (Wildman–Crippen LogP) is 0.267. The zero-order valence-corrected chi connectivity index (χ0v) is 8.88. The van der Waals surface area contributed by atoms with Crippen LogP contribution < -0.4 is 10.4 Å². The molecule has 0 spiro atoms. The first-order valence-electron chi connectivity index (χ1n) is 4.69. The molecule has 0 fully saturated rings. The molecule has 0 amide bonds. The van der Waals surface area contributed by atoms with Crippen molar-refractivity contribution in [3.63, 3.8) is 0 Å². The molecule has 1 aromatic heterocycles. The number of aromatic nitrogens is 3. The molecule has 7 nitrogen and oxygen atoms in total. The van der Waals surface area contributed by atoms with Gasteiger partial charge in [-0.15, -0.1) is 5.10 Å². The summed E-state index contributed by atoms with van der Waals surface area (Å²) in [5.74, 6) is -1.05. The lowest BCUT2D eigenvalue weighted by atomic mass is 10.3. The van der Waals surface area contributed by atoms with Gasteiger partial charge in [0, 0.05) is 0 Å². The molecule has 7 heteroatoms. The molecular weight excluding hydrogens is 226 g/mol. The van der Waals surface area contributed by atoms with E-state index < -0.39 is 17.5 Å². The third kappa shape index (κ3) is 2.03. The molecule has 0 saturated heterocycles. The predicted molar refractivity (Wildman–Crippen MR) is 57.7 cm³/mol. The molecule has 0 bridgehead atoms. The van der Waals surface area contributed by atoms with Gasteiger partial charge in [0.05, 0.1) is 12.8 Å². The van der Waals surface area contributed by atoms with Gasteiger partial charge in [-0.2, -0.15) is 4.68 Å². The van der Waals surface area contributed by atoms with Gasteiger partial charge in [0.1, 0.15) is 5.75 Å². The number of nitrogens with zero attached hydrogens (tertiary/aromatic N) is 2. The summed E-state index contributed by atoms with van der Waals surface area (Å²) in [6.45, 7) is 0. The summed E-state index contributed by atoms with van der Waals surface area (Å²) in [7, 11) is 1.53. The van der Waals surface area contributed by atoms with E-state index in [9.17, 15) is 9.59 Å². The van der Waals surface area contributed by atoms with Crippen molar-refractivity contribution in [1.82, 2.24) is 14.8 Å². The van der Waals surface area contributed by atoms with Gasteiger partial charge in [0.2, 0.25) is 5.82 Å². The maximum Gasteiger partial charge on any atom is 0.373 e. The van der Waals surface area contributed by atoms with Crippen LogP contribution in [0.15, 0.2) is 29.1 Å². The van der Waals surface area contributed by atoms with Crippen LogP contribution in [-0.2, 0) is 0 Å². The number of aromatic carboxylic acids is 1. The average Bonchev–Trinajstić information content (AvgIpc) is 2.72. The normalized spacial score (nSPS) is 10.2. The van der Waals surface area contributed by atoms with E-state index in [1.54, 1.807) is 24.3 Å². The SMILES string of the molecule is COc1ccc(-n2nc(C(=O)O)[nH]c2=O)cc1. The van der Waals surface area contributed by atoms with Crippen molar-refractivity contribution in [1.29, 1.82) is 0 Å². The second kappa shape index (κ2) is 4.12. The summed E-state index contributed by atoms with van der Waals surface area (Å²) in [6.07, 6.45) is 0. The van der Waals surface area contributed by atoms with E-state index in [2.05, 4.69) is 10.1 Å². The Morgan fingerprint density at radius 2 is 2.06 bits per heavy atom. The molecule has 0 aliphatic heterocycles. The number of carbonyl (C=O) groups is 1. The number of hydrogen-bond acceptors (Lipinski definition) is 4. The van der Waals surface area contributed by atoms with Crippen molar-refractivity contribution in [2.45, 2.75) is 0 Å². The highest BCUT2D eigenvalue weighted by molar-refractivity contribution is 5.82. The Morgan fingerprint density at radius 1 is 1.41 bits per heavy atom. The third-order valence-electron chi connectivity index (χ3n) is 2.14. The number of rotatable bonds is 3. The van der Waals surface area contributed by atoms with Crippen LogP contribution in [0.1, 0.15) is 10.6 Å². The molecule has 0 unspecified atom stereocenters. The minimum atomic E-state index is -1.28. The topological polar surface area (TPSA) is 97.2 Å². The molecule has 88 valence electrons. The van der Waals surface area contributed by atoms with Crippen molar-refractivity contribution in [3.05, 3.63) is 40.6 Å². The van der Waals surface area contributed by atoms with Gasteiger partial charge >= 0.3 is 11.7 Å². The molecule has 0 saturated carbocycles. The first-order chi connectivity index (χ1) is 8.11. The Kier molecular flexibility index (Phi) is 2.65. The molecule has 1 aromatic carbocycles. The van der Waals surface area contributed by atoms with Crippen LogP contribution in [0.4, 0.5) is 0 Å². The van der Waals surface area contributed by atoms with E-state index in [-0.39, 0.29) is 0 Å². The first-order valence-corrected chi connectivity index (χ1v) is 4.69. The Bertz CT molecular complexity index is 597. The number of carboxylic acids is 1. The Labute approximate surface area is 95.3 Å². The largest absolute Gasteiger partial charge is 0.497 e. The highest BCUT2D eigenvalue weighted by Crippen LogP contribution is 2.12. The van der Waals surface area contributed by atoms with E-state index in [0.717, 1.165) is 4.68 Å². The van der Waals surface area contributed by atoms with Gasteiger partial charge in [-0.05, 0) is 24.3 Å². The summed E-state index contributed by atoms with van der Waals surface area (Å²) in [5, 5.41) is 12.3. The molecule has 2 aromatic rings. The fourth-order valence-corrected chi connectivity index (χ4v) is 1.32. The molecule has 0 radical (unpaired) electrons. The molecule has 17 heavy (non-hydrogen) atoms. The Hall–Kier alpha value is -2.57. The van der Waals surface area contributed by atoms with Gasteiger partial charge in [-0.25, -0.2) is 9.59 Å². The van der Waals surface area contributed by atoms with Crippen LogP contribution in [0.2, 0.25) is 0 Å². The second-order valence-electron chi connectivity index (χ2n) is 3.19. The quantitative estimate of drug-likeness (QED) is 0.795. The van der Waals surface area contributed by atoms with Gasteiger partial charge in [0.25, 0.3) is 0 Å². The van der Waals surface area contributed by atoms with Gasteiger partial charge in [-0.3, -0.25) is 4.98 Å². The molecule has 2 rings (SSSR count). The van der Waals surface area contributed by atoms with Crippen LogP contribution in [-0.4, -0.2) is 33.0 Å². The lowest BCUT2D eigenvalue weighted by Crippen LogP contribution is -2.15. The van der Waals surface area contributed by atoms with E-state index >= 15 is 0 Å². The first kappa shape index (κ1) is 10.9. The van der Waals surface area contributed by atoms with Crippen LogP contribution in [0.25, 0.3) is 5.69 Å². The lowest BCUT2D eigenvalue weighted by Gasteiger charge is -2.01. The van der Waals surface area contributed by atoms with Crippen molar-refractivity contribution in [3.8, 4) is 11.4 Å². The van der Waals surface area contributed by atoms with Gasteiger partial charge in [-0.1, -0.05) is 0 Å². The Balaban J connectivity index is 2.45. The molecule has 1 heterocycles. The summed E-state index contributed by atoms with van der Waals surface area (Å²) in [6, 6.07) is 6.51. The number of H-pyrrole nitrogens is 1. The highest BCUT2D eigenvalue weighted by atomic mass is 16.5. The van der Waals surface area contributed by atoms with E-state index in [1.165, 1.54) is 7.11 Å². The molecule has 0 atom stereocenters. The maximum absolute atomic E-state index is 11.4. The van der Waals surface area contributed by atoms with Crippen molar-refractivity contribution < 1.29 is 14.6 Å². The number of nitrogens with one attached hydrogen (secondary N) is 1. The number of benzene rings is 1. The van der Waals surface area contributed by atoms with E-state index in [0.29, 0.717) is 11.4 Å². The van der Waals surface area contributed by atoms with Crippen LogP contribution >= 0.6 is 0 Å². The number of ether oxygens (including phenoxy) is 1. The van der Waals surface area contributed by atoms with Crippen LogP contribution in [0, 0.1) is 0 Å². The zero-order valence-electron chi connectivity index (χ0n) is 8.88. The third-order valence-corrected chi connectivity index (χ3v) is 2.14. The Morgan fingerprint density at radius 3 is 2.53 bits per heavy atom. The number of carboxylic acid groups (broad SMARTS) is 1. The van der Waals surface area contributed by atoms with Crippen molar-refractivity contribution >= 4 is 5.97 Å². The van der Waals surface area contributed by atoms with E-state index in [4.69, 9.17) is 9.84 Å². The number of hydrogen-bond donors (Lipinski definition) is 2. The summed E-state index contributed by atoms with van der Waals surface area (Å²) < 4.78 is 5.94. The number of methoxy groups -OCH3 is 1. The van der Waals surface area contributed by atoms with Crippen LogP contribution in [0.3, 0.4) is 0 Å². The molecule has 0 aliphatic carbocycles. The standard InChI is InChI=1S/C10H9N3O4/c1-17-7-4-2-6(3-5-7)13-10(16)11-8(12-13)9(14)15/h2-5H,1H3,(H,14,15)(H,11,12,16). The monoisotopic (exact) mass is 235 g/mol. The number of aromatic amines is 1. The average molecular weight is 235 g/mol.